The van der Waals surface area contributed by atoms with E-state index in [-0.39, 0.29) is 11.9 Å². The number of likely N-dealkylation sites (N-methyl/N-ethyl adjacent to an activating group) is 1. The quantitative estimate of drug-likeness (QED) is 0.901. The van der Waals surface area contributed by atoms with Gasteiger partial charge in [0, 0.05) is 23.0 Å². The zero-order valence-electron chi connectivity index (χ0n) is 10.8. The minimum absolute atomic E-state index is 0.00130. The molecule has 0 bridgehead atoms. The molecule has 19 heavy (non-hydrogen) atoms. The monoisotopic (exact) mass is 283 g/mol. The van der Waals surface area contributed by atoms with Crippen LogP contribution in [-0.4, -0.2) is 33.3 Å². The van der Waals surface area contributed by atoms with Crippen LogP contribution in [0.2, 0.25) is 5.02 Å². The minimum atomic E-state index is -0.292. The van der Waals surface area contributed by atoms with E-state index in [9.17, 15) is 4.39 Å². The predicted octanol–water partition coefficient (Wildman–Crippen LogP) is 1.38. The molecule has 0 aliphatic carbocycles. The Balaban J connectivity index is 2.11. The topological polar surface area (TPSA) is 55.6 Å². The fraction of sp³-hybridized carbons (Fsp3) is 0.417. The lowest BCUT2D eigenvalue weighted by Crippen LogP contribution is -2.31. The van der Waals surface area contributed by atoms with E-state index in [1.807, 2.05) is 7.05 Å². The van der Waals surface area contributed by atoms with E-state index in [4.69, 9.17) is 11.6 Å². The molecular formula is C12H15ClFN5. The highest BCUT2D eigenvalue weighted by Crippen LogP contribution is 2.21. The Kier molecular flexibility index (Phi) is 4.44. The summed E-state index contributed by atoms with van der Waals surface area (Å²) in [4.78, 5) is 1.40. The maximum absolute atomic E-state index is 13.7. The Hall–Kier alpha value is -1.53. The van der Waals surface area contributed by atoms with Gasteiger partial charge in [-0.1, -0.05) is 17.7 Å². The molecule has 0 spiro atoms. The molecule has 0 radical (unpaired) electrons. The average Bonchev–Trinajstić information content (AvgIpc) is 2.78. The summed E-state index contributed by atoms with van der Waals surface area (Å²) in [6, 6.07) is 4.69. The highest BCUT2D eigenvalue weighted by molar-refractivity contribution is 6.31. The van der Waals surface area contributed by atoms with Gasteiger partial charge < -0.3 is 5.32 Å². The molecule has 0 fully saturated rings. The van der Waals surface area contributed by atoms with Crippen LogP contribution < -0.4 is 5.32 Å². The van der Waals surface area contributed by atoms with Crippen molar-refractivity contribution in [3.63, 3.8) is 0 Å². The fourth-order valence-electron chi connectivity index (χ4n) is 1.88. The predicted molar refractivity (Wildman–Crippen MR) is 70.5 cm³/mol. The Bertz CT molecular complexity index is 537. The summed E-state index contributed by atoms with van der Waals surface area (Å²) in [6.07, 6.45) is 1.04. The highest BCUT2D eigenvalue weighted by Gasteiger charge is 2.16. The van der Waals surface area contributed by atoms with Crippen LogP contribution >= 0.6 is 11.6 Å². The number of nitrogens with one attached hydrogen (secondary N) is 1. The van der Waals surface area contributed by atoms with Crippen molar-refractivity contribution in [1.82, 2.24) is 25.5 Å². The molecule has 2 rings (SSSR count). The Morgan fingerprint density at radius 2 is 2.21 bits per heavy atom. The first-order valence-electron chi connectivity index (χ1n) is 5.93. The van der Waals surface area contributed by atoms with Gasteiger partial charge in [-0.05, 0) is 30.8 Å². The Morgan fingerprint density at radius 1 is 1.42 bits per heavy atom. The molecule has 7 heteroatoms. The van der Waals surface area contributed by atoms with E-state index < -0.39 is 0 Å². The van der Waals surface area contributed by atoms with Crippen molar-refractivity contribution in [2.75, 3.05) is 7.05 Å². The second kappa shape index (κ2) is 6.08. The number of halogens is 2. The smallest absolute Gasteiger partial charge is 0.176 e. The SMILES string of the molecule is CNC(Cc1nnn(C)n1)Cc1c(F)cccc1Cl. The summed E-state index contributed by atoms with van der Waals surface area (Å²) < 4.78 is 13.7. The number of tetrazole rings is 1. The zero-order chi connectivity index (χ0) is 13.8. The number of hydrogen-bond acceptors (Lipinski definition) is 4. The van der Waals surface area contributed by atoms with E-state index >= 15 is 0 Å². The first-order chi connectivity index (χ1) is 9.10. The third-order valence-corrected chi connectivity index (χ3v) is 3.25. The second-order valence-electron chi connectivity index (χ2n) is 4.29. The highest BCUT2D eigenvalue weighted by atomic mass is 35.5. The third kappa shape index (κ3) is 3.48. The molecule has 0 saturated carbocycles. The summed E-state index contributed by atoms with van der Waals surface area (Å²) in [7, 11) is 3.52. The van der Waals surface area contributed by atoms with Crippen molar-refractivity contribution in [2.45, 2.75) is 18.9 Å². The molecule has 5 nitrogen and oxygen atoms in total. The molecule has 0 aliphatic rings. The van der Waals surface area contributed by atoms with Gasteiger partial charge in [0.15, 0.2) is 5.82 Å². The maximum Gasteiger partial charge on any atom is 0.176 e. The number of nitrogens with zero attached hydrogens (tertiary/aromatic N) is 4. The van der Waals surface area contributed by atoms with Gasteiger partial charge in [-0.15, -0.1) is 10.2 Å². The lowest BCUT2D eigenvalue weighted by Gasteiger charge is -2.15. The van der Waals surface area contributed by atoms with E-state index in [1.54, 1.807) is 19.2 Å². The largest absolute Gasteiger partial charge is 0.316 e. The van der Waals surface area contributed by atoms with E-state index in [0.717, 1.165) is 0 Å². The zero-order valence-corrected chi connectivity index (χ0v) is 11.5. The minimum Gasteiger partial charge on any atom is -0.316 e. The normalized spacial score (nSPS) is 12.6. The van der Waals surface area contributed by atoms with Crippen LogP contribution in [-0.2, 0) is 19.9 Å². The summed E-state index contributed by atoms with van der Waals surface area (Å²) in [6.45, 7) is 0. The van der Waals surface area contributed by atoms with Crippen LogP contribution in [0.15, 0.2) is 18.2 Å². The number of hydrogen-bond donors (Lipinski definition) is 1. The summed E-state index contributed by atoms with van der Waals surface area (Å²) in [5.74, 6) is 0.328. The number of rotatable bonds is 5. The lowest BCUT2D eigenvalue weighted by atomic mass is 10.0. The van der Waals surface area contributed by atoms with Crippen LogP contribution in [0.4, 0.5) is 4.39 Å². The number of aryl methyl sites for hydroxylation is 1. The van der Waals surface area contributed by atoms with Crippen molar-refractivity contribution < 1.29 is 4.39 Å². The van der Waals surface area contributed by atoms with Gasteiger partial charge in [-0.3, -0.25) is 0 Å². The van der Waals surface area contributed by atoms with E-state index in [1.165, 1.54) is 10.9 Å². The lowest BCUT2D eigenvalue weighted by molar-refractivity contribution is 0.521. The molecule has 102 valence electrons. The molecule has 1 aromatic heterocycles. The van der Waals surface area contributed by atoms with Crippen LogP contribution in [0.25, 0.3) is 0 Å². The molecule has 0 saturated heterocycles. The van der Waals surface area contributed by atoms with E-state index in [2.05, 4.69) is 20.7 Å². The van der Waals surface area contributed by atoms with Crippen molar-refractivity contribution in [3.8, 4) is 0 Å². The van der Waals surface area contributed by atoms with Gasteiger partial charge in [-0.2, -0.15) is 4.80 Å². The Labute approximate surface area is 115 Å². The van der Waals surface area contributed by atoms with Crippen molar-refractivity contribution >= 4 is 11.6 Å². The van der Waals surface area contributed by atoms with Gasteiger partial charge in [0.25, 0.3) is 0 Å². The standard InChI is InChI=1S/C12H15ClFN5/c1-15-8(7-12-16-18-19(2)17-12)6-9-10(13)4-3-5-11(9)14/h3-5,8,15H,6-7H2,1-2H3. The molecule has 1 atom stereocenters. The van der Waals surface area contributed by atoms with Crippen LogP contribution in [0, 0.1) is 5.82 Å². The van der Waals surface area contributed by atoms with Crippen LogP contribution in [0.3, 0.4) is 0 Å². The van der Waals surface area contributed by atoms with Crippen molar-refractivity contribution in [2.24, 2.45) is 7.05 Å². The number of aromatic nitrogens is 4. The van der Waals surface area contributed by atoms with Gasteiger partial charge >= 0.3 is 0 Å². The van der Waals surface area contributed by atoms with Crippen LogP contribution in [0.5, 0.6) is 0 Å². The molecule has 0 aliphatic heterocycles. The molecule has 1 N–H and O–H groups in total. The fourth-order valence-corrected chi connectivity index (χ4v) is 2.12. The first kappa shape index (κ1) is 13.9. The number of benzene rings is 1. The summed E-state index contributed by atoms with van der Waals surface area (Å²) >= 11 is 6.02. The molecular weight excluding hydrogens is 269 g/mol. The molecule has 1 heterocycles. The maximum atomic E-state index is 13.7. The molecule has 1 aromatic carbocycles. The third-order valence-electron chi connectivity index (χ3n) is 2.90. The van der Waals surface area contributed by atoms with Gasteiger partial charge in [0.05, 0.1) is 7.05 Å². The summed E-state index contributed by atoms with van der Waals surface area (Å²) in [5.41, 5.74) is 0.507. The Morgan fingerprint density at radius 3 is 2.79 bits per heavy atom. The molecule has 1 unspecified atom stereocenters. The first-order valence-corrected chi connectivity index (χ1v) is 6.31. The van der Waals surface area contributed by atoms with Gasteiger partial charge in [0.1, 0.15) is 5.82 Å². The van der Waals surface area contributed by atoms with Gasteiger partial charge in [-0.25, -0.2) is 4.39 Å². The van der Waals surface area contributed by atoms with Crippen molar-refractivity contribution in [3.05, 3.63) is 40.4 Å². The molecule has 0 amide bonds. The average molecular weight is 284 g/mol. The van der Waals surface area contributed by atoms with Crippen LogP contribution in [0.1, 0.15) is 11.4 Å². The van der Waals surface area contributed by atoms with Gasteiger partial charge in [0.2, 0.25) is 0 Å². The summed E-state index contributed by atoms with van der Waals surface area (Å²) in [5, 5.41) is 15.4. The molecule has 2 aromatic rings. The van der Waals surface area contributed by atoms with E-state index in [0.29, 0.717) is 29.3 Å². The second-order valence-corrected chi connectivity index (χ2v) is 4.70. The van der Waals surface area contributed by atoms with Crippen molar-refractivity contribution in [1.29, 1.82) is 0 Å².